The van der Waals surface area contributed by atoms with Crippen LogP contribution in [-0.4, -0.2) is 63.0 Å². The molecular formula is C30H33F3N2O4S2. The lowest BCUT2D eigenvalue weighted by atomic mass is 9.86. The fourth-order valence-corrected chi connectivity index (χ4v) is 7.01. The van der Waals surface area contributed by atoms with E-state index in [0.29, 0.717) is 17.6 Å². The van der Waals surface area contributed by atoms with Crippen molar-refractivity contribution in [1.82, 2.24) is 9.47 Å². The van der Waals surface area contributed by atoms with E-state index in [1.807, 2.05) is 32.2 Å². The van der Waals surface area contributed by atoms with Crippen molar-refractivity contribution < 1.29 is 32.6 Å². The number of para-hydroxylation sites is 1. The molecule has 0 spiro atoms. The summed E-state index contributed by atoms with van der Waals surface area (Å²) in [7, 11) is 3.11. The van der Waals surface area contributed by atoms with Crippen LogP contribution in [0.1, 0.15) is 56.1 Å². The summed E-state index contributed by atoms with van der Waals surface area (Å²) in [6.07, 6.45) is 3.55. The van der Waals surface area contributed by atoms with Crippen LogP contribution in [0.15, 0.2) is 42.5 Å². The van der Waals surface area contributed by atoms with Gasteiger partial charge in [0.1, 0.15) is 23.9 Å². The smallest absolute Gasteiger partial charge is 0.418 e. The molecule has 1 N–H and O–H groups in total. The Bertz CT molecular complexity index is 1460. The van der Waals surface area contributed by atoms with Gasteiger partial charge in [-0.2, -0.15) is 0 Å². The first-order valence-electron chi connectivity index (χ1n) is 13.2. The number of carboxylic acids is 1. The predicted molar refractivity (Wildman–Crippen MR) is 159 cm³/mol. The van der Waals surface area contributed by atoms with Gasteiger partial charge in [-0.25, -0.2) is 27.3 Å². The number of hydrogen-bond acceptors (Lipinski definition) is 6. The Labute approximate surface area is 245 Å². The molecule has 0 fully saturated rings. The van der Waals surface area contributed by atoms with Crippen LogP contribution >= 0.6 is 21.6 Å². The summed E-state index contributed by atoms with van der Waals surface area (Å²) < 4.78 is 54.1. The van der Waals surface area contributed by atoms with Crippen molar-refractivity contribution in [2.75, 3.05) is 19.4 Å². The molecule has 1 aromatic heterocycles. The Kier molecular flexibility index (Phi) is 9.50. The fraction of sp³-hybridized carbons (Fsp3) is 0.400. The van der Waals surface area contributed by atoms with E-state index in [1.165, 1.54) is 18.4 Å². The van der Waals surface area contributed by atoms with Gasteiger partial charge in [-0.05, 0) is 75.8 Å². The molecule has 0 aliphatic carbocycles. The first kappa shape index (κ1) is 31.1. The molecule has 1 aliphatic heterocycles. The van der Waals surface area contributed by atoms with Crippen LogP contribution in [0.2, 0.25) is 0 Å². The van der Waals surface area contributed by atoms with Crippen molar-refractivity contribution in [1.29, 1.82) is 0 Å². The van der Waals surface area contributed by atoms with Crippen LogP contribution in [0.3, 0.4) is 0 Å². The van der Waals surface area contributed by atoms with Crippen molar-refractivity contribution in [3.05, 3.63) is 76.5 Å². The van der Waals surface area contributed by atoms with Crippen LogP contribution in [0.5, 0.6) is 0 Å². The normalized spacial score (nSPS) is 18.5. The number of rotatable bonds is 9. The van der Waals surface area contributed by atoms with Crippen molar-refractivity contribution in [2.24, 2.45) is 0 Å². The zero-order chi connectivity index (χ0) is 30.1. The van der Waals surface area contributed by atoms with Crippen molar-refractivity contribution >= 4 is 50.6 Å². The summed E-state index contributed by atoms with van der Waals surface area (Å²) in [5.74, 6) is -3.13. The number of carbonyl (C=O) groups is 2. The number of fused-ring (bicyclic) bond motifs is 3. The van der Waals surface area contributed by atoms with E-state index in [1.54, 1.807) is 38.6 Å². The summed E-state index contributed by atoms with van der Waals surface area (Å²) in [4.78, 5) is 26.3. The largest absolute Gasteiger partial charge is 0.478 e. The topological polar surface area (TPSA) is 71.8 Å². The van der Waals surface area contributed by atoms with E-state index in [2.05, 4.69) is 0 Å². The zero-order valence-corrected chi connectivity index (χ0v) is 25.1. The molecule has 4 rings (SSSR count). The Hall–Kier alpha value is -2.89. The third-order valence-corrected chi connectivity index (χ3v) is 9.13. The van der Waals surface area contributed by atoms with Gasteiger partial charge < -0.3 is 9.84 Å². The van der Waals surface area contributed by atoms with Crippen LogP contribution < -0.4 is 0 Å². The number of carbonyl (C=O) groups excluding carboxylic acids is 1. The monoisotopic (exact) mass is 606 g/mol. The molecule has 0 radical (unpaired) electrons. The maximum absolute atomic E-state index is 15.9. The molecule has 0 bridgehead atoms. The van der Waals surface area contributed by atoms with E-state index in [-0.39, 0.29) is 35.6 Å². The van der Waals surface area contributed by atoms with E-state index in [0.717, 1.165) is 35.2 Å². The van der Waals surface area contributed by atoms with Gasteiger partial charge in [0.2, 0.25) is 0 Å². The average Bonchev–Trinajstić information content (AvgIpc) is 3.20. The number of hydrogen-bond donors (Lipinski definition) is 1. The van der Waals surface area contributed by atoms with Crippen LogP contribution in [0.4, 0.5) is 18.0 Å². The van der Waals surface area contributed by atoms with Crippen molar-refractivity contribution in [3.8, 4) is 0 Å². The molecule has 0 saturated carbocycles. The lowest BCUT2D eigenvalue weighted by Crippen LogP contribution is -2.49. The molecule has 1 aliphatic rings. The number of halogens is 3. The average molecular weight is 607 g/mol. The second kappa shape index (κ2) is 12.5. The zero-order valence-electron chi connectivity index (χ0n) is 23.5. The first-order valence-corrected chi connectivity index (χ1v) is 15.8. The van der Waals surface area contributed by atoms with E-state index in [4.69, 9.17) is 9.84 Å². The minimum absolute atomic E-state index is 0.00699. The molecule has 41 heavy (non-hydrogen) atoms. The van der Waals surface area contributed by atoms with Gasteiger partial charge in [0.25, 0.3) is 0 Å². The number of ether oxygens (including phenoxy) is 1. The van der Waals surface area contributed by atoms with Crippen molar-refractivity contribution in [3.63, 3.8) is 0 Å². The highest BCUT2D eigenvalue weighted by Crippen LogP contribution is 2.45. The molecule has 2 aromatic carbocycles. The van der Waals surface area contributed by atoms with Crippen molar-refractivity contribution in [2.45, 2.75) is 57.1 Å². The summed E-state index contributed by atoms with van der Waals surface area (Å²) in [5.41, 5.74) is -0.444. The highest BCUT2D eigenvalue weighted by atomic mass is 33.1. The van der Waals surface area contributed by atoms with Gasteiger partial charge in [0, 0.05) is 34.9 Å². The molecule has 2 heterocycles. The highest BCUT2D eigenvalue weighted by molar-refractivity contribution is 8.76. The predicted octanol–water partition coefficient (Wildman–Crippen LogP) is 7.49. The number of carboxylic acid groups (broad SMARTS) is 1. The molecule has 6 nitrogen and oxygen atoms in total. The summed E-state index contributed by atoms with van der Waals surface area (Å²) in [6.45, 7) is 6.56. The first-order chi connectivity index (χ1) is 19.3. The Balaban J connectivity index is 1.97. The fourth-order valence-electron chi connectivity index (χ4n) is 5.41. The summed E-state index contributed by atoms with van der Waals surface area (Å²) >= 11 is 0. The number of aliphatic carboxylic acids is 1. The minimum Gasteiger partial charge on any atom is -0.478 e. The molecule has 3 atom stereocenters. The quantitative estimate of drug-likeness (QED) is 0.200. The molecule has 11 heteroatoms. The molecule has 220 valence electrons. The summed E-state index contributed by atoms with van der Waals surface area (Å²) in [6, 6.07) is 7.80. The van der Waals surface area contributed by atoms with Gasteiger partial charge in [0.05, 0.1) is 17.3 Å². The number of aromatic nitrogens is 1. The van der Waals surface area contributed by atoms with Gasteiger partial charge in [-0.15, -0.1) is 0 Å². The summed E-state index contributed by atoms with van der Waals surface area (Å²) in [5, 5.41) is 9.71. The standard InChI is InChI=1S/C30H33F3N2O4S2/c1-17-12-21-20-8-6-7-9-24(20)35(29(38)39-15-18(2)41-40-5)27(21)28(34(17)16-30(3,4)33)26-22(31)13-19(14-23(26)32)10-11-25(36)37/h6-11,13-14,17-18,28H,12,15-16H2,1-5H3,(H,36,37)/b11-10+/t17-,18-,28-/m1/s1. The number of alkyl halides is 1. The molecule has 0 saturated heterocycles. The second-order valence-electron chi connectivity index (χ2n) is 10.8. The number of nitrogens with zero attached hydrogens (tertiary/aromatic N) is 2. The van der Waals surface area contributed by atoms with E-state index in [9.17, 15) is 9.59 Å². The lowest BCUT2D eigenvalue weighted by molar-refractivity contribution is -0.131. The van der Waals surface area contributed by atoms with Crippen LogP contribution in [0, 0.1) is 11.6 Å². The Morgan fingerprint density at radius 3 is 2.49 bits per heavy atom. The van der Waals surface area contributed by atoms with E-state index < -0.39 is 35.4 Å². The number of benzene rings is 2. The molecule has 0 unspecified atom stereocenters. The van der Waals surface area contributed by atoms with Gasteiger partial charge in [-0.3, -0.25) is 4.90 Å². The van der Waals surface area contributed by atoms with Gasteiger partial charge in [-0.1, -0.05) is 39.8 Å². The maximum Gasteiger partial charge on any atom is 0.418 e. The third kappa shape index (κ3) is 6.79. The third-order valence-electron chi connectivity index (χ3n) is 6.91. The lowest BCUT2D eigenvalue weighted by Gasteiger charge is -2.43. The van der Waals surface area contributed by atoms with Crippen LogP contribution in [-0.2, 0) is 16.0 Å². The Morgan fingerprint density at radius 1 is 1.22 bits per heavy atom. The molecular weight excluding hydrogens is 573 g/mol. The van der Waals surface area contributed by atoms with Gasteiger partial charge >= 0.3 is 12.1 Å². The maximum atomic E-state index is 15.9. The minimum atomic E-state index is -1.72. The van der Waals surface area contributed by atoms with Crippen LogP contribution in [0.25, 0.3) is 17.0 Å². The second-order valence-corrected chi connectivity index (χ2v) is 13.7. The molecule has 0 amide bonds. The SMILES string of the molecule is CSS[C@H](C)COC(=O)n1c2c(c3ccccc31)C[C@@H](C)N(CC(C)(C)F)[C@@H]2c1c(F)cc(/C=C/C(=O)O)cc1F. The Morgan fingerprint density at radius 2 is 1.88 bits per heavy atom. The van der Waals surface area contributed by atoms with Gasteiger partial charge in [0.15, 0.2) is 0 Å². The highest BCUT2D eigenvalue weighted by Gasteiger charge is 2.43. The molecule has 3 aromatic rings. The van der Waals surface area contributed by atoms with E-state index >= 15 is 13.2 Å².